The Labute approximate surface area is 150 Å². The van der Waals surface area contributed by atoms with E-state index >= 15 is 0 Å². The number of nitrogens with zero attached hydrogens (tertiary/aromatic N) is 2. The highest BCUT2D eigenvalue weighted by Gasteiger charge is 2.26. The maximum atomic E-state index is 12.8. The van der Waals surface area contributed by atoms with Crippen LogP contribution in [-0.2, 0) is 13.0 Å². The first kappa shape index (κ1) is 16.2. The molecule has 1 aliphatic rings. The number of hydrogen-bond acceptors (Lipinski definition) is 3. The molecule has 1 aliphatic heterocycles. The standard InChI is InChI=1S/C20H19N3O3/c1-26-16-9-5-6-14(12-16)19(24)22-11-10-18-17(13-22)20(25)23(21-18)15-7-3-2-4-8-15/h2-9,12,21H,10-11,13H2,1H3. The lowest BCUT2D eigenvalue weighted by molar-refractivity contribution is 0.0733. The molecule has 0 atom stereocenters. The summed E-state index contributed by atoms with van der Waals surface area (Å²) < 4.78 is 6.74. The Morgan fingerprint density at radius 1 is 1.12 bits per heavy atom. The van der Waals surface area contributed by atoms with Crippen LogP contribution >= 0.6 is 0 Å². The Morgan fingerprint density at radius 3 is 2.69 bits per heavy atom. The molecule has 0 radical (unpaired) electrons. The van der Waals surface area contributed by atoms with Crippen molar-refractivity contribution in [1.82, 2.24) is 14.7 Å². The number of aromatic nitrogens is 2. The van der Waals surface area contributed by atoms with Crippen LogP contribution in [0.25, 0.3) is 5.69 Å². The lowest BCUT2D eigenvalue weighted by Crippen LogP contribution is -2.37. The van der Waals surface area contributed by atoms with Crippen molar-refractivity contribution in [3.8, 4) is 11.4 Å². The van der Waals surface area contributed by atoms with Crippen molar-refractivity contribution < 1.29 is 9.53 Å². The molecule has 0 saturated carbocycles. The van der Waals surface area contributed by atoms with E-state index in [1.54, 1.807) is 41.0 Å². The van der Waals surface area contributed by atoms with Crippen LogP contribution in [0.1, 0.15) is 21.6 Å². The lowest BCUT2D eigenvalue weighted by Gasteiger charge is -2.26. The minimum atomic E-state index is -0.102. The molecule has 2 aromatic carbocycles. The monoisotopic (exact) mass is 349 g/mol. The molecular formula is C20H19N3O3. The normalized spacial score (nSPS) is 13.3. The zero-order valence-corrected chi connectivity index (χ0v) is 14.4. The van der Waals surface area contributed by atoms with Gasteiger partial charge in [-0.25, -0.2) is 4.68 Å². The van der Waals surface area contributed by atoms with Crippen molar-refractivity contribution in [2.45, 2.75) is 13.0 Å². The summed E-state index contributed by atoms with van der Waals surface area (Å²) >= 11 is 0. The van der Waals surface area contributed by atoms with Gasteiger partial charge in [-0.1, -0.05) is 24.3 Å². The highest BCUT2D eigenvalue weighted by Crippen LogP contribution is 2.20. The zero-order chi connectivity index (χ0) is 18.1. The van der Waals surface area contributed by atoms with Crippen LogP contribution < -0.4 is 10.3 Å². The van der Waals surface area contributed by atoms with Crippen LogP contribution in [0.4, 0.5) is 0 Å². The quantitative estimate of drug-likeness (QED) is 0.789. The molecule has 0 unspecified atom stereocenters. The predicted molar refractivity (Wildman–Crippen MR) is 97.8 cm³/mol. The number of carbonyl (C=O) groups is 1. The zero-order valence-electron chi connectivity index (χ0n) is 14.4. The van der Waals surface area contributed by atoms with Crippen LogP contribution in [0, 0.1) is 0 Å². The minimum absolute atomic E-state index is 0.0959. The molecule has 132 valence electrons. The lowest BCUT2D eigenvalue weighted by atomic mass is 10.1. The largest absolute Gasteiger partial charge is 0.497 e. The minimum Gasteiger partial charge on any atom is -0.497 e. The molecule has 1 N–H and O–H groups in total. The first-order valence-electron chi connectivity index (χ1n) is 8.49. The van der Waals surface area contributed by atoms with Gasteiger partial charge in [-0.3, -0.25) is 14.7 Å². The maximum Gasteiger partial charge on any atom is 0.276 e. The van der Waals surface area contributed by atoms with Crippen LogP contribution in [0.3, 0.4) is 0 Å². The van der Waals surface area contributed by atoms with E-state index in [-0.39, 0.29) is 11.5 Å². The second-order valence-electron chi connectivity index (χ2n) is 6.25. The molecule has 6 nitrogen and oxygen atoms in total. The van der Waals surface area contributed by atoms with Crippen molar-refractivity contribution in [3.05, 3.63) is 81.8 Å². The number of ether oxygens (including phenoxy) is 1. The topological polar surface area (TPSA) is 67.3 Å². The van der Waals surface area contributed by atoms with Gasteiger partial charge >= 0.3 is 0 Å². The molecule has 2 heterocycles. The Hall–Kier alpha value is -3.28. The van der Waals surface area contributed by atoms with E-state index in [2.05, 4.69) is 5.10 Å². The van der Waals surface area contributed by atoms with E-state index in [1.165, 1.54) is 0 Å². The number of nitrogens with one attached hydrogen (secondary N) is 1. The Bertz CT molecular complexity index is 1000. The summed E-state index contributed by atoms with van der Waals surface area (Å²) in [5.41, 5.74) is 2.79. The highest BCUT2D eigenvalue weighted by atomic mass is 16.5. The summed E-state index contributed by atoms with van der Waals surface area (Å²) in [6, 6.07) is 16.5. The summed E-state index contributed by atoms with van der Waals surface area (Å²) in [6.07, 6.45) is 0.625. The summed E-state index contributed by atoms with van der Waals surface area (Å²) in [7, 11) is 1.57. The van der Waals surface area contributed by atoms with E-state index in [9.17, 15) is 9.59 Å². The first-order valence-corrected chi connectivity index (χ1v) is 8.49. The van der Waals surface area contributed by atoms with E-state index in [4.69, 9.17) is 4.74 Å². The number of carbonyl (C=O) groups excluding carboxylic acids is 1. The van der Waals surface area contributed by atoms with E-state index < -0.39 is 0 Å². The van der Waals surface area contributed by atoms with Crippen molar-refractivity contribution in [2.75, 3.05) is 13.7 Å². The molecule has 0 aliphatic carbocycles. The summed E-state index contributed by atoms with van der Waals surface area (Å²) in [5, 5.41) is 3.18. The second-order valence-corrected chi connectivity index (χ2v) is 6.25. The molecule has 3 aromatic rings. The van der Waals surface area contributed by atoms with E-state index in [1.807, 2.05) is 30.3 Å². The molecule has 4 rings (SSSR count). The van der Waals surface area contributed by atoms with E-state index in [0.717, 1.165) is 11.4 Å². The van der Waals surface area contributed by atoms with Gasteiger partial charge in [0.25, 0.3) is 11.5 Å². The number of hydrogen-bond donors (Lipinski definition) is 1. The second kappa shape index (κ2) is 6.55. The SMILES string of the molecule is COc1cccc(C(=O)N2CCc3[nH]n(-c4ccccc4)c(=O)c3C2)c1. The number of fused-ring (bicyclic) bond motifs is 1. The van der Waals surface area contributed by atoms with Gasteiger partial charge in [0.15, 0.2) is 0 Å². The maximum absolute atomic E-state index is 12.8. The van der Waals surface area contributed by atoms with Gasteiger partial charge in [0.2, 0.25) is 0 Å². The van der Waals surface area contributed by atoms with Crippen molar-refractivity contribution >= 4 is 5.91 Å². The number of benzene rings is 2. The molecule has 0 spiro atoms. The van der Waals surface area contributed by atoms with Gasteiger partial charge in [-0.15, -0.1) is 0 Å². The van der Waals surface area contributed by atoms with Gasteiger partial charge in [0, 0.05) is 24.2 Å². The van der Waals surface area contributed by atoms with Gasteiger partial charge in [0.1, 0.15) is 5.75 Å². The van der Waals surface area contributed by atoms with Crippen LogP contribution in [0.5, 0.6) is 5.75 Å². The predicted octanol–water partition coefficient (Wildman–Crippen LogP) is 2.37. The fraction of sp³-hybridized carbons (Fsp3) is 0.200. The number of methoxy groups -OCH3 is 1. The summed E-state index contributed by atoms with van der Waals surface area (Å²) in [6.45, 7) is 0.873. The van der Waals surface area contributed by atoms with Crippen LogP contribution in [0.2, 0.25) is 0 Å². The first-order chi connectivity index (χ1) is 12.7. The fourth-order valence-electron chi connectivity index (χ4n) is 3.27. The number of aromatic amines is 1. The highest BCUT2D eigenvalue weighted by molar-refractivity contribution is 5.94. The third kappa shape index (κ3) is 2.79. The smallest absolute Gasteiger partial charge is 0.276 e. The van der Waals surface area contributed by atoms with Gasteiger partial charge in [0.05, 0.1) is 24.9 Å². The summed E-state index contributed by atoms with van der Waals surface area (Å²) in [4.78, 5) is 27.3. The van der Waals surface area contributed by atoms with Crippen LogP contribution in [-0.4, -0.2) is 34.2 Å². The molecule has 6 heteroatoms. The number of amides is 1. The Kier molecular flexibility index (Phi) is 4.08. The molecular weight excluding hydrogens is 330 g/mol. The average molecular weight is 349 g/mol. The Morgan fingerprint density at radius 2 is 1.92 bits per heavy atom. The third-order valence-corrected chi connectivity index (χ3v) is 4.67. The average Bonchev–Trinajstić information content (AvgIpc) is 3.04. The van der Waals surface area contributed by atoms with Crippen molar-refractivity contribution in [2.24, 2.45) is 0 Å². The van der Waals surface area contributed by atoms with Gasteiger partial charge in [-0.05, 0) is 30.3 Å². The molecule has 26 heavy (non-hydrogen) atoms. The molecule has 0 saturated heterocycles. The number of rotatable bonds is 3. The van der Waals surface area contributed by atoms with E-state index in [0.29, 0.717) is 36.4 Å². The van der Waals surface area contributed by atoms with Gasteiger partial charge < -0.3 is 9.64 Å². The molecule has 1 amide bonds. The van der Waals surface area contributed by atoms with Gasteiger partial charge in [-0.2, -0.15) is 0 Å². The van der Waals surface area contributed by atoms with Crippen molar-refractivity contribution in [1.29, 1.82) is 0 Å². The number of H-pyrrole nitrogens is 1. The van der Waals surface area contributed by atoms with Crippen LogP contribution in [0.15, 0.2) is 59.4 Å². The van der Waals surface area contributed by atoms with Crippen molar-refractivity contribution in [3.63, 3.8) is 0 Å². The Balaban J connectivity index is 1.63. The summed E-state index contributed by atoms with van der Waals surface area (Å²) in [5.74, 6) is 0.544. The third-order valence-electron chi connectivity index (χ3n) is 4.67. The molecule has 1 aromatic heterocycles. The fourth-order valence-corrected chi connectivity index (χ4v) is 3.27. The molecule has 0 bridgehead atoms. The number of para-hydroxylation sites is 1. The molecule has 0 fully saturated rings.